The Labute approximate surface area is 108 Å². The predicted molar refractivity (Wildman–Crippen MR) is 64.3 cm³/mol. The van der Waals surface area contributed by atoms with Crippen LogP contribution in [-0.4, -0.2) is 31.2 Å². The highest BCUT2D eigenvalue weighted by atomic mass is 35.5. The number of rotatable bonds is 5. The van der Waals surface area contributed by atoms with Gasteiger partial charge in [-0.05, 0) is 18.2 Å². The topological polar surface area (TPSA) is 115 Å². The molecule has 98 valence electrons. The van der Waals surface area contributed by atoms with Crippen molar-refractivity contribution in [3.05, 3.63) is 28.8 Å². The first-order valence-corrected chi connectivity index (χ1v) is 6.81. The number of nitrogens with two attached hydrogens (primary N) is 1. The Bertz CT molecular complexity index is 596. The Hall–Kier alpha value is -1.60. The maximum Gasteiger partial charge on any atom is 0.337 e. The van der Waals surface area contributed by atoms with Crippen LogP contribution in [0.1, 0.15) is 16.8 Å². The number of amides is 1. The molecular formula is C10H10ClNO5S. The van der Waals surface area contributed by atoms with Gasteiger partial charge in [-0.3, -0.25) is 4.79 Å². The van der Waals surface area contributed by atoms with Gasteiger partial charge in [-0.25, -0.2) is 13.2 Å². The molecule has 1 amide bonds. The molecule has 0 heterocycles. The Kier molecular flexibility index (Phi) is 4.31. The van der Waals surface area contributed by atoms with E-state index in [9.17, 15) is 18.0 Å². The fourth-order valence-corrected chi connectivity index (χ4v) is 2.82. The van der Waals surface area contributed by atoms with Gasteiger partial charge in [-0.1, -0.05) is 11.6 Å². The maximum absolute atomic E-state index is 11.8. The molecule has 0 bridgehead atoms. The van der Waals surface area contributed by atoms with Crippen molar-refractivity contribution < 1.29 is 23.1 Å². The second-order valence-electron chi connectivity index (χ2n) is 3.48. The number of sulfone groups is 1. The normalized spacial score (nSPS) is 11.2. The van der Waals surface area contributed by atoms with E-state index < -0.39 is 27.5 Å². The van der Waals surface area contributed by atoms with Crippen LogP contribution in [0.5, 0.6) is 0 Å². The van der Waals surface area contributed by atoms with Crippen LogP contribution in [0.3, 0.4) is 0 Å². The molecule has 1 rings (SSSR count). The molecule has 3 N–H and O–H groups in total. The molecule has 6 nitrogen and oxygen atoms in total. The van der Waals surface area contributed by atoms with Gasteiger partial charge in [0.1, 0.15) is 0 Å². The SMILES string of the molecule is NC(=O)CCS(=O)(=O)c1ccc(C(=O)O)c(Cl)c1. The van der Waals surface area contributed by atoms with Gasteiger partial charge in [0.25, 0.3) is 0 Å². The number of aromatic carboxylic acids is 1. The molecule has 0 aliphatic heterocycles. The number of primary amides is 1. The Morgan fingerprint density at radius 3 is 2.39 bits per heavy atom. The summed E-state index contributed by atoms with van der Waals surface area (Å²) >= 11 is 5.66. The molecule has 0 saturated heterocycles. The minimum Gasteiger partial charge on any atom is -0.478 e. The number of benzene rings is 1. The fraction of sp³-hybridized carbons (Fsp3) is 0.200. The summed E-state index contributed by atoms with van der Waals surface area (Å²) in [6, 6.07) is 3.27. The number of carboxylic acids is 1. The van der Waals surface area contributed by atoms with Crippen LogP contribution in [0.2, 0.25) is 5.02 Å². The van der Waals surface area contributed by atoms with Crippen molar-refractivity contribution in [2.24, 2.45) is 5.73 Å². The van der Waals surface area contributed by atoms with Crippen molar-refractivity contribution in [3.8, 4) is 0 Å². The summed E-state index contributed by atoms with van der Waals surface area (Å²) in [5.74, 6) is -2.42. The minimum atomic E-state index is -3.70. The first-order chi connectivity index (χ1) is 8.24. The summed E-state index contributed by atoms with van der Waals surface area (Å²) in [5.41, 5.74) is 4.67. The van der Waals surface area contributed by atoms with E-state index in [1.165, 1.54) is 0 Å². The molecule has 1 aromatic carbocycles. The first kappa shape index (κ1) is 14.5. The van der Waals surface area contributed by atoms with Crippen molar-refractivity contribution in [2.75, 3.05) is 5.75 Å². The van der Waals surface area contributed by atoms with Gasteiger partial charge in [-0.2, -0.15) is 0 Å². The Balaban J connectivity index is 3.08. The molecule has 0 spiro atoms. The molecule has 0 aliphatic rings. The number of hydrogen-bond acceptors (Lipinski definition) is 4. The largest absolute Gasteiger partial charge is 0.478 e. The number of carboxylic acid groups (broad SMARTS) is 1. The van der Waals surface area contributed by atoms with Crippen molar-refractivity contribution >= 4 is 33.3 Å². The molecule has 0 atom stereocenters. The summed E-state index contributed by atoms with van der Waals surface area (Å²) in [6.07, 6.45) is -0.305. The minimum absolute atomic E-state index is 0.140. The first-order valence-electron chi connectivity index (χ1n) is 4.78. The summed E-state index contributed by atoms with van der Waals surface area (Å²) in [4.78, 5) is 21.1. The number of hydrogen-bond donors (Lipinski definition) is 2. The molecule has 0 aromatic heterocycles. The molecule has 0 radical (unpaired) electrons. The zero-order chi connectivity index (χ0) is 13.9. The average molecular weight is 292 g/mol. The van der Waals surface area contributed by atoms with Gasteiger partial charge in [0.2, 0.25) is 5.91 Å². The number of carbonyl (C=O) groups excluding carboxylic acids is 1. The van der Waals surface area contributed by atoms with E-state index in [1.54, 1.807) is 0 Å². The van der Waals surface area contributed by atoms with Gasteiger partial charge in [0.05, 0.1) is 21.2 Å². The highest BCUT2D eigenvalue weighted by Crippen LogP contribution is 2.22. The van der Waals surface area contributed by atoms with E-state index in [4.69, 9.17) is 22.4 Å². The van der Waals surface area contributed by atoms with Crippen LogP contribution in [0.4, 0.5) is 0 Å². The molecule has 0 fully saturated rings. The van der Waals surface area contributed by atoms with E-state index in [0.29, 0.717) is 0 Å². The maximum atomic E-state index is 11.8. The van der Waals surface area contributed by atoms with Crippen LogP contribution in [0.25, 0.3) is 0 Å². The van der Waals surface area contributed by atoms with Crippen LogP contribution in [0, 0.1) is 0 Å². The average Bonchev–Trinajstić information content (AvgIpc) is 2.26. The zero-order valence-corrected chi connectivity index (χ0v) is 10.7. The zero-order valence-electron chi connectivity index (χ0n) is 9.09. The van der Waals surface area contributed by atoms with Crippen molar-refractivity contribution in [2.45, 2.75) is 11.3 Å². The fourth-order valence-electron chi connectivity index (χ4n) is 1.22. The monoisotopic (exact) mass is 291 g/mol. The van der Waals surface area contributed by atoms with Gasteiger partial charge in [-0.15, -0.1) is 0 Å². The van der Waals surface area contributed by atoms with Crippen LogP contribution in [-0.2, 0) is 14.6 Å². The van der Waals surface area contributed by atoms with Crippen molar-refractivity contribution in [1.82, 2.24) is 0 Å². The third kappa shape index (κ3) is 3.44. The van der Waals surface area contributed by atoms with Crippen molar-refractivity contribution in [1.29, 1.82) is 0 Å². The lowest BCUT2D eigenvalue weighted by Gasteiger charge is -2.05. The molecule has 18 heavy (non-hydrogen) atoms. The highest BCUT2D eigenvalue weighted by molar-refractivity contribution is 7.91. The summed E-state index contributed by atoms with van der Waals surface area (Å²) in [5, 5.41) is 8.56. The molecule has 0 aliphatic carbocycles. The second kappa shape index (κ2) is 5.36. The Morgan fingerprint density at radius 1 is 1.33 bits per heavy atom. The van der Waals surface area contributed by atoms with Crippen LogP contribution in [0.15, 0.2) is 23.1 Å². The van der Waals surface area contributed by atoms with Crippen LogP contribution < -0.4 is 5.73 Å². The third-order valence-electron chi connectivity index (χ3n) is 2.15. The lowest BCUT2D eigenvalue weighted by molar-refractivity contribution is -0.117. The summed E-state index contributed by atoms with van der Waals surface area (Å²) < 4.78 is 23.5. The van der Waals surface area contributed by atoms with Gasteiger partial charge in [0, 0.05) is 6.42 Å². The molecule has 0 unspecified atom stereocenters. The second-order valence-corrected chi connectivity index (χ2v) is 6.00. The lowest BCUT2D eigenvalue weighted by atomic mass is 10.2. The molecule has 0 saturated carbocycles. The molecule has 1 aromatic rings. The summed E-state index contributed by atoms with van der Waals surface area (Å²) in [7, 11) is -3.70. The smallest absolute Gasteiger partial charge is 0.337 e. The number of carbonyl (C=O) groups is 2. The van der Waals surface area contributed by atoms with Gasteiger partial charge in [0.15, 0.2) is 9.84 Å². The number of halogens is 1. The van der Waals surface area contributed by atoms with E-state index in [-0.39, 0.29) is 21.9 Å². The molecular weight excluding hydrogens is 282 g/mol. The quantitative estimate of drug-likeness (QED) is 0.828. The van der Waals surface area contributed by atoms with E-state index in [2.05, 4.69) is 0 Å². The standard InChI is InChI=1S/C10H10ClNO5S/c11-8-5-6(1-2-7(8)10(14)15)18(16,17)4-3-9(12)13/h1-2,5H,3-4H2,(H2,12,13)(H,14,15). The molecule has 8 heteroatoms. The van der Waals surface area contributed by atoms with E-state index >= 15 is 0 Å². The van der Waals surface area contributed by atoms with Crippen molar-refractivity contribution in [3.63, 3.8) is 0 Å². The van der Waals surface area contributed by atoms with E-state index in [0.717, 1.165) is 18.2 Å². The van der Waals surface area contributed by atoms with E-state index in [1.807, 2.05) is 0 Å². The lowest BCUT2D eigenvalue weighted by Crippen LogP contribution is -2.17. The highest BCUT2D eigenvalue weighted by Gasteiger charge is 2.18. The summed E-state index contributed by atoms with van der Waals surface area (Å²) in [6.45, 7) is 0. The third-order valence-corrected chi connectivity index (χ3v) is 4.17. The van der Waals surface area contributed by atoms with Crippen LogP contribution >= 0.6 is 11.6 Å². The van der Waals surface area contributed by atoms with Gasteiger partial charge >= 0.3 is 5.97 Å². The Morgan fingerprint density at radius 2 is 1.94 bits per heavy atom. The predicted octanol–water partition coefficient (Wildman–Crippen LogP) is 0.687. The van der Waals surface area contributed by atoms with Gasteiger partial charge < -0.3 is 10.8 Å².